The first-order valence-corrected chi connectivity index (χ1v) is 6.16. The molecular weight excluding hydrogens is 290 g/mol. The summed E-state index contributed by atoms with van der Waals surface area (Å²) >= 11 is 11.8. The van der Waals surface area contributed by atoms with E-state index in [-0.39, 0.29) is 17.1 Å². The number of ether oxygens (including phenoxy) is 1. The van der Waals surface area contributed by atoms with Gasteiger partial charge in [-0.25, -0.2) is 4.39 Å². The zero-order valence-corrected chi connectivity index (χ0v) is 11.4. The first-order chi connectivity index (χ1) is 8.97. The zero-order valence-electron chi connectivity index (χ0n) is 9.91. The highest BCUT2D eigenvalue weighted by molar-refractivity contribution is 6.35. The molecule has 0 radical (unpaired) electrons. The summed E-state index contributed by atoms with van der Waals surface area (Å²) in [6.45, 7) is 1.34. The van der Waals surface area contributed by atoms with Crippen LogP contribution in [0, 0.1) is 5.82 Å². The van der Waals surface area contributed by atoms with Crippen LogP contribution in [0.2, 0.25) is 10.0 Å². The summed E-state index contributed by atoms with van der Waals surface area (Å²) in [6.07, 6.45) is 0. The molecule has 0 unspecified atom stereocenters. The highest BCUT2D eigenvalue weighted by Crippen LogP contribution is 2.33. The molecule has 0 N–H and O–H groups in total. The lowest BCUT2D eigenvalue weighted by molar-refractivity contribution is 0.101. The monoisotopic (exact) mass is 298 g/mol. The van der Waals surface area contributed by atoms with Crippen LogP contribution < -0.4 is 4.74 Å². The minimum atomic E-state index is -0.500. The summed E-state index contributed by atoms with van der Waals surface area (Å²) < 4.78 is 18.7. The zero-order chi connectivity index (χ0) is 14.0. The van der Waals surface area contributed by atoms with Crippen LogP contribution in [0.1, 0.15) is 17.3 Å². The van der Waals surface area contributed by atoms with E-state index >= 15 is 0 Å². The second kappa shape index (κ2) is 5.59. The Kier molecular flexibility index (Phi) is 4.08. The molecule has 2 aromatic carbocycles. The van der Waals surface area contributed by atoms with E-state index in [9.17, 15) is 9.18 Å². The second-order valence-corrected chi connectivity index (χ2v) is 4.72. The predicted octanol–water partition coefficient (Wildman–Crippen LogP) is 5.13. The fourth-order valence-corrected chi connectivity index (χ4v) is 1.99. The summed E-state index contributed by atoms with van der Waals surface area (Å²) in [7, 11) is 0. The Morgan fingerprint density at radius 2 is 1.79 bits per heavy atom. The van der Waals surface area contributed by atoms with Gasteiger partial charge in [0.2, 0.25) is 0 Å². The molecule has 19 heavy (non-hydrogen) atoms. The molecule has 2 nitrogen and oxygen atoms in total. The van der Waals surface area contributed by atoms with Gasteiger partial charge in [-0.1, -0.05) is 23.2 Å². The Balaban J connectivity index is 2.40. The van der Waals surface area contributed by atoms with Gasteiger partial charge in [-0.2, -0.15) is 0 Å². The fourth-order valence-electron chi connectivity index (χ4n) is 1.54. The molecule has 0 aliphatic rings. The maximum Gasteiger partial charge on any atom is 0.163 e. The Morgan fingerprint density at radius 3 is 2.42 bits per heavy atom. The van der Waals surface area contributed by atoms with Crippen molar-refractivity contribution in [2.45, 2.75) is 6.92 Å². The summed E-state index contributed by atoms with van der Waals surface area (Å²) in [5.41, 5.74) is 0.158. The molecule has 0 aromatic heterocycles. The van der Waals surface area contributed by atoms with Gasteiger partial charge < -0.3 is 4.74 Å². The van der Waals surface area contributed by atoms with Crippen molar-refractivity contribution in [2.75, 3.05) is 0 Å². The SMILES string of the molecule is CC(=O)c1cc(F)ccc1Oc1ccc(Cl)cc1Cl. The third kappa shape index (κ3) is 3.25. The lowest BCUT2D eigenvalue weighted by Gasteiger charge is -2.11. The number of hydrogen-bond acceptors (Lipinski definition) is 2. The van der Waals surface area contributed by atoms with Crippen LogP contribution in [0.15, 0.2) is 36.4 Å². The van der Waals surface area contributed by atoms with Crippen molar-refractivity contribution in [2.24, 2.45) is 0 Å². The van der Waals surface area contributed by atoms with E-state index in [0.717, 1.165) is 6.07 Å². The van der Waals surface area contributed by atoms with Crippen molar-refractivity contribution >= 4 is 29.0 Å². The summed E-state index contributed by atoms with van der Waals surface area (Å²) in [4.78, 5) is 11.4. The van der Waals surface area contributed by atoms with E-state index in [2.05, 4.69) is 0 Å². The van der Waals surface area contributed by atoms with Gasteiger partial charge in [-0.15, -0.1) is 0 Å². The maximum atomic E-state index is 13.1. The Morgan fingerprint density at radius 1 is 1.11 bits per heavy atom. The summed E-state index contributed by atoms with van der Waals surface area (Å²) in [6, 6.07) is 8.44. The third-order valence-corrected chi connectivity index (χ3v) is 2.97. The standard InChI is InChI=1S/C14H9Cl2FO2/c1-8(18)11-7-10(17)3-5-13(11)19-14-4-2-9(15)6-12(14)16/h2-7H,1H3. The molecule has 0 spiro atoms. The number of hydrogen-bond donors (Lipinski definition) is 0. The molecule has 5 heteroatoms. The molecule has 0 saturated carbocycles. The Labute approximate surface area is 119 Å². The smallest absolute Gasteiger partial charge is 0.163 e. The lowest BCUT2D eigenvalue weighted by Crippen LogP contribution is -1.98. The van der Waals surface area contributed by atoms with Gasteiger partial charge in [-0.3, -0.25) is 4.79 Å². The number of halogens is 3. The highest BCUT2D eigenvalue weighted by Gasteiger charge is 2.12. The highest BCUT2D eigenvalue weighted by atomic mass is 35.5. The van der Waals surface area contributed by atoms with Crippen molar-refractivity contribution in [3.8, 4) is 11.5 Å². The van der Waals surface area contributed by atoms with Gasteiger partial charge in [0.05, 0.1) is 10.6 Å². The summed E-state index contributed by atoms with van der Waals surface area (Å²) in [5, 5.41) is 0.787. The average Bonchev–Trinajstić information content (AvgIpc) is 2.34. The second-order valence-electron chi connectivity index (χ2n) is 3.87. The van der Waals surface area contributed by atoms with Crippen LogP contribution in [-0.4, -0.2) is 5.78 Å². The molecule has 0 bridgehead atoms. The van der Waals surface area contributed by atoms with Gasteiger partial charge in [-0.05, 0) is 43.3 Å². The topological polar surface area (TPSA) is 26.3 Å². The number of carbonyl (C=O) groups excluding carboxylic acids is 1. The van der Waals surface area contributed by atoms with Gasteiger partial charge in [0.1, 0.15) is 17.3 Å². The van der Waals surface area contributed by atoms with Crippen molar-refractivity contribution in [3.05, 3.63) is 57.8 Å². The molecule has 2 rings (SSSR count). The Hall–Kier alpha value is -1.58. The number of carbonyl (C=O) groups is 1. The quantitative estimate of drug-likeness (QED) is 0.735. The third-order valence-electron chi connectivity index (χ3n) is 2.43. The minimum absolute atomic E-state index is 0.158. The van der Waals surface area contributed by atoms with E-state index in [1.165, 1.54) is 25.1 Å². The first kappa shape index (κ1) is 13.8. The first-order valence-electron chi connectivity index (χ1n) is 5.41. The van der Waals surface area contributed by atoms with E-state index < -0.39 is 5.82 Å². The summed E-state index contributed by atoms with van der Waals surface area (Å²) in [5.74, 6) is -0.197. The molecule has 0 aliphatic heterocycles. The van der Waals surface area contributed by atoms with Crippen LogP contribution in [-0.2, 0) is 0 Å². The normalized spacial score (nSPS) is 10.3. The number of rotatable bonds is 3. The largest absolute Gasteiger partial charge is 0.455 e. The Bertz CT molecular complexity index is 641. The van der Waals surface area contributed by atoms with E-state index in [4.69, 9.17) is 27.9 Å². The molecular formula is C14H9Cl2FO2. The van der Waals surface area contributed by atoms with Gasteiger partial charge >= 0.3 is 0 Å². The van der Waals surface area contributed by atoms with Crippen molar-refractivity contribution < 1.29 is 13.9 Å². The van der Waals surface area contributed by atoms with Crippen LogP contribution >= 0.6 is 23.2 Å². The maximum absolute atomic E-state index is 13.1. The van der Waals surface area contributed by atoms with Crippen molar-refractivity contribution in [1.82, 2.24) is 0 Å². The van der Waals surface area contributed by atoms with Crippen molar-refractivity contribution in [1.29, 1.82) is 0 Å². The van der Waals surface area contributed by atoms with Crippen LogP contribution in [0.3, 0.4) is 0 Å². The molecule has 0 fully saturated rings. The van der Waals surface area contributed by atoms with Gasteiger partial charge in [0, 0.05) is 5.02 Å². The molecule has 0 amide bonds. The molecule has 0 saturated heterocycles. The molecule has 0 aliphatic carbocycles. The number of benzene rings is 2. The molecule has 98 valence electrons. The van der Waals surface area contributed by atoms with Gasteiger partial charge in [0.15, 0.2) is 5.78 Å². The van der Waals surface area contributed by atoms with Crippen LogP contribution in [0.25, 0.3) is 0 Å². The fraction of sp³-hybridized carbons (Fsp3) is 0.0714. The lowest BCUT2D eigenvalue weighted by atomic mass is 10.1. The average molecular weight is 299 g/mol. The number of ketones is 1. The molecule has 2 aromatic rings. The number of Topliss-reactive ketones (excluding diaryl/α,β-unsaturated/α-hetero) is 1. The minimum Gasteiger partial charge on any atom is -0.455 e. The van der Waals surface area contributed by atoms with E-state index in [1.54, 1.807) is 12.1 Å². The van der Waals surface area contributed by atoms with Crippen LogP contribution in [0.5, 0.6) is 11.5 Å². The van der Waals surface area contributed by atoms with Crippen LogP contribution in [0.4, 0.5) is 4.39 Å². The molecule has 0 atom stereocenters. The van der Waals surface area contributed by atoms with Crippen molar-refractivity contribution in [3.63, 3.8) is 0 Å². The van der Waals surface area contributed by atoms with Gasteiger partial charge in [0.25, 0.3) is 0 Å². The van der Waals surface area contributed by atoms with E-state index in [1.807, 2.05) is 0 Å². The predicted molar refractivity (Wildman–Crippen MR) is 72.9 cm³/mol. The van der Waals surface area contributed by atoms with E-state index in [0.29, 0.717) is 15.8 Å². The molecule has 0 heterocycles.